The van der Waals surface area contributed by atoms with E-state index in [9.17, 15) is 13.6 Å². The molecule has 0 aliphatic heterocycles. The number of carbonyl (C=O) groups is 1. The van der Waals surface area contributed by atoms with E-state index in [-0.39, 0.29) is 23.4 Å². The van der Waals surface area contributed by atoms with Gasteiger partial charge in [0.25, 0.3) is 12.3 Å². The molecule has 0 saturated heterocycles. The summed E-state index contributed by atoms with van der Waals surface area (Å²) >= 11 is 12.5. The van der Waals surface area contributed by atoms with Crippen LogP contribution in [0.1, 0.15) is 47.3 Å². The topological polar surface area (TPSA) is 47.4 Å². The van der Waals surface area contributed by atoms with Crippen molar-refractivity contribution in [2.24, 2.45) is 13.0 Å². The molecule has 1 saturated carbocycles. The van der Waals surface area contributed by atoms with Crippen LogP contribution < -0.4 is 0 Å². The monoisotopic (exact) mass is 417 g/mol. The van der Waals surface area contributed by atoms with Gasteiger partial charge in [-0.05, 0) is 42.9 Å². The lowest BCUT2D eigenvalue weighted by molar-refractivity contribution is -0.124. The zero-order chi connectivity index (χ0) is 19.9. The maximum Gasteiger partial charge on any atom is 0.282 e. The van der Waals surface area contributed by atoms with Crippen molar-refractivity contribution in [2.45, 2.75) is 31.7 Å². The van der Waals surface area contributed by atoms with Crippen molar-refractivity contribution in [2.75, 3.05) is 7.11 Å². The molecule has 1 aromatic heterocycles. The number of hydrogen-bond donors (Lipinski definition) is 0. The number of aromatic nitrogens is 2. The zero-order valence-electron chi connectivity index (χ0n) is 15.0. The SMILES string of the molecule is CON(C(=O)c1cn(C)nc1C(F)F)C(C)C1CC1c1c(Cl)cccc1Cl. The van der Waals surface area contributed by atoms with E-state index in [1.54, 1.807) is 18.2 Å². The van der Waals surface area contributed by atoms with E-state index in [0.717, 1.165) is 17.0 Å². The second-order valence-electron chi connectivity index (χ2n) is 6.60. The van der Waals surface area contributed by atoms with Crippen LogP contribution in [0, 0.1) is 5.92 Å². The van der Waals surface area contributed by atoms with Gasteiger partial charge in [-0.3, -0.25) is 14.3 Å². The maximum absolute atomic E-state index is 13.2. The molecule has 1 aliphatic carbocycles. The number of rotatable bonds is 6. The Hall–Kier alpha value is -1.70. The van der Waals surface area contributed by atoms with Gasteiger partial charge in [0, 0.05) is 23.3 Å². The molecule has 1 fully saturated rings. The summed E-state index contributed by atoms with van der Waals surface area (Å²) in [6, 6.07) is 4.96. The van der Waals surface area contributed by atoms with Crippen molar-refractivity contribution in [1.29, 1.82) is 0 Å². The summed E-state index contributed by atoms with van der Waals surface area (Å²) in [7, 11) is 2.83. The summed E-state index contributed by atoms with van der Waals surface area (Å²) < 4.78 is 27.6. The molecule has 146 valence electrons. The van der Waals surface area contributed by atoms with Gasteiger partial charge in [-0.15, -0.1) is 0 Å². The molecular formula is C18H19Cl2F2N3O2. The Labute approximate surface area is 165 Å². The third-order valence-corrected chi connectivity index (χ3v) is 5.55. The number of carbonyl (C=O) groups excluding carboxylic acids is 1. The third-order valence-electron chi connectivity index (χ3n) is 4.89. The number of hydroxylamine groups is 2. The second kappa shape index (κ2) is 7.73. The largest absolute Gasteiger partial charge is 0.282 e. The first kappa shape index (κ1) is 20.0. The minimum absolute atomic E-state index is 0.0537. The van der Waals surface area contributed by atoms with E-state index in [2.05, 4.69) is 5.10 Å². The van der Waals surface area contributed by atoms with Gasteiger partial charge in [-0.1, -0.05) is 29.3 Å². The molecule has 2 aromatic rings. The average molecular weight is 418 g/mol. The predicted molar refractivity (Wildman–Crippen MR) is 98.1 cm³/mol. The van der Waals surface area contributed by atoms with Crippen molar-refractivity contribution < 1.29 is 18.4 Å². The van der Waals surface area contributed by atoms with Gasteiger partial charge in [0.2, 0.25) is 0 Å². The average Bonchev–Trinajstić information content (AvgIpc) is 3.28. The van der Waals surface area contributed by atoms with Gasteiger partial charge in [0.1, 0.15) is 5.69 Å². The lowest BCUT2D eigenvalue weighted by Crippen LogP contribution is -2.39. The van der Waals surface area contributed by atoms with Gasteiger partial charge in [0.15, 0.2) is 0 Å². The van der Waals surface area contributed by atoms with Gasteiger partial charge in [0.05, 0.1) is 18.7 Å². The van der Waals surface area contributed by atoms with Crippen LogP contribution in [0.15, 0.2) is 24.4 Å². The molecule has 0 bridgehead atoms. The number of hydrogen-bond acceptors (Lipinski definition) is 3. The molecule has 3 atom stereocenters. The summed E-state index contributed by atoms with van der Waals surface area (Å²) in [5.74, 6) is -0.516. The predicted octanol–water partition coefficient (Wildman–Crippen LogP) is 4.86. The molecule has 0 radical (unpaired) electrons. The standard InChI is InChI=1S/C18H19Cl2F2N3O2/c1-9(10-7-11(10)15-13(19)5-4-6-14(15)20)25(27-3)18(26)12-8-24(2)23-16(12)17(21)22/h4-6,8-11,17H,7H2,1-3H3. The Morgan fingerprint density at radius 1 is 1.37 bits per heavy atom. The molecule has 0 spiro atoms. The Kier molecular flexibility index (Phi) is 5.74. The van der Waals surface area contributed by atoms with Crippen molar-refractivity contribution in [3.63, 3.8) is 0 Å². The molecule has 3 rings (SSSR count). The highest BCUT2D eigenvalue weighted by molar-refractivity contribution is 6.36. The van der Waals surface area contributed by atoms with Gasteiger partial charge < -0.3 is 0 Å². The fourth-order valence-electron chi connectivity index (χ4n) is 3.50. The summed E-state index contributed by atoms with van der Waals surface area (Å²) in [5.41, 5.74) is 0.114. The minimum atomic E-state index is -2.85. The summed E-state index contributed by atoms with van der Waals surface area (Å²) in [5, 5.41) is 5.95. The first-order valence-electron chi connectivity index (χ1n) is 8.39. The third kappa shape index (κ3) is 3.81. The van der Waals surface area contributed by atoms with Crippen LogP contribution in [0.25, 0.3) is 0 Å². The lowest BCUT2D eigenvalue weighted by atomic mass is 10.1. The molecule has 1 amide bonds. The van der Waals surface area contributed by atoms with Crippen LogP contribution in [0.2, 0.25) is 10.0 Å². The summed E-state index contributed by atoms with van der Waals surface area (Å²) in [6.07, 6.45) is -0.806. The smallest absolute Gasteiger partial charge is 0.275 e. The number of benzene rings is 1. The highest BCUT2D eigenvalue weighted by atomic mass is 35.5. The van der Waals surface area contributed by atoms with Crippen LogP contribution in [0.4, 0.5) is 8.78 Å². The van der Waals surface area contributed by atoms with Crippen LogP contribution >= 0.6 is 23.2 Å². The number of nitrogens with zero attached hydrogens (tertiary/aromatic N) is 3. The Bertz CT molecular complexity index is 839. The van der Waals surface area contributed by atoms with Crippen LogP contribution in [-0.4, -0.2) is 33.9 Å². The highest BCUT2D eigenvalue weighted by Crippen LogP contribution is 2.54. The number of halogens is 4. The van der Waals surface area contributed by atoms with E-state index in [0.29, 0.717) is 10.0 Å². The molecule has 1 aromatic carbocycles. The van der Waals surface area contributed by atoms with E-state index in [1.165, 1.54) is 25.0 Å². The lowest BCUT2D eigenvalue weighted by Gasteiger charge is -2.27. The van der Waals surface area contributed by atoms with E-state index in [4.69, 9.17) is 28.0 Å². The second-order valence-corrected chi connectivity index (χ2v) is 7.41. The highest BCUT2D eigenvalue weighted by Gasteiger charge is 2.47. The van der Waals surface area contributed by atoms with Crippen molar-refractivity contribution in [3.05, 3.63) is 51.3 Å². The van der Waals surface area contributed by atoms with E-state index < -0.39 is 18.0 Å². The van der Waals surface area contributed by atoms with Crippen molar-refractivity contribution in [1.82, 2.24) is 14.8 Å². The first-order valence-corrected chi connectivity index (χ1v) is 9.15. The molecule has 1 aliphatic rings. The quantitative estimate of drug-likeness (QED) is 0.630. The zero-order valence-corrected chi connectivity index (χ0v) is 16.5. The normalized spacial score (nSPS) is 20.0. The summed E-state index contributed by atoms with van der Waals surface area (Å²) in [4.78, 5) is 18.1. The minimum Gasteiger partial charge on any atom is -0.275 e. The Morgan fingerprint density at radius 2 is 2.00 bits per heavy atom. The number of amides is 1. The fraction of sp³-hybridized carbons (Fsp3) is 0.444. The fourth-order valence-corrected chi connectivity index (χ4v) is 4.18. The van der Waals surface area contributed by atoms with E-state index >= 15 is 0 Å². The Balaban J connectivity index is 1.82. The molecule has 3 unspecified atom stereocenters. The van der Waals surface area contributed by atoms with Crippen molar-refractivity contribution >= 4 is 29.1 Å². The number of alkyl halides is 2. The summed E-state index contributed by atoms with van der Waals surface area (Å²) in [6.45, 7) is 1.81. The molecular weight excluding hydrogens is 399 g/mol. The molecule has 5 nitrogen and oxygen atoms in total. The van der Waals surface area contributed by atoms with Gasteiger partial charge in [-0.25, -0.2) is 13.8 Å². The molecule has 9 heteroatoms. The van der Waals surface area contributed by atoms with Gasteiger partial charge in [-0.2, -0.15) is 5.10 Å². The van der Waals surface area contributed by atoms with E-state index in [1.807, 2.05) is 6.92 Å². The van der Waals surface area contributed by atoms with Crippen LogP contribution in [-0.2, 0) is 11.9 Å². The Morgan fingerprint density at radius 3 is 2.56 bits per heavy atom. The van der Waals surface area contributed by atoms with Crippen LogP contribution in [0.5, 0.6) is 0 Å². The van der Waals surface area contributed by atoms with Crippen molar-refractivity contribution in [3.8, 4) is 0 Å². The molecule has 0 N–H and O–H groups in total. The first-order chi connectivity index (χ1) is 12.8. The van der Waals surface area contributed by atoms with Gasteiger partial charge >= 0.3 is 0 Å². The molecule has 1 heterocycles. The maximum atomic E-state index is 13.2. The number of aryl methyl sites for hydroxylation is 1. The molecule has 27 heavy (non-hydrogen) atoms. The van der Waals surface area contributed by atoms with Crippen LogP contribution in [0.3, 0.4) is 0 Å².